The fourth-order valence-electron chi connectivity index (χ4n) is 2.58. The molecule has 21 heavy (non-hydrogen) atoms. The van der Waals surface area contributed by atoms with E-state index in [0.717, 1.165) is 25.9 Å². The van der Waals surface area contributed by atoms with Gasteiger partial charge >= 0.3 is 0 Å². The zero-order chi connectivity index (χ0) is 15.5. The van der Waals surface area contributed by atoms with E-state index in [-0.39, 0.29) is 5.91 Å². The first-order valence-electron chi connectivity index (χ1n) is 7.33. The fourth-order valence-corrected chi connectivity index (χ4v) is 2.58. The molecule has 6 heteroatoms. The Hall–Kier alpha value is -1.87. The Bertz CT molecular complexity index is 509. The van der Waals surface area contributed by atoms with Crippen molar-refractivity contribution in [1.82, 2.24) is 20.0 Å². The molecule has 0 radical (unpaired) electrons. The van der Waals surface area contributed by atoms with Crippen molar-refractivity contribution in [2.75, 3.05) is 26.7 Å². The highest BCUT2D eigenvalue weighted by Crippen LogP contribution is 2.26. The molecule has 6 nitrogen and oxygen atoms in total. The molecule has 1 aromatic heterocycles. The van der Waals surface area contributed by atoms with E-state index in [2.05, 4.69) is 21.2 Å². The van der Waals surface area contributed by atoms with Crippen molar-refractivity contribution in [3.05, 3.63) is 18.0 Å². The second kappa shape index (κ2) is 6.27. The van der Waals surface area contributed by atoms with Crippen LogP contribution in [0, 0.1) is 11.3 Å². The number of hydrogen-bond donors (Lipinski definition) is 1. The number of aromatic amines is 1. The van der Waals surface area contributed by atoms with Crippen LogP contribution in [-0.4, -0.2) is 58.1 Å². The third kappa shape index (κ3) is 3.61. The lowest BCUT2D eigenvalue weighted by Gasteiger charge is -2.34. The Morgan fingerprint density at radius 3 is 2.76 bits per heavy atom. The molecule has 1 saturated heterocycles. The third-order valence-electron chi connectivity index (χ3n) is 4.39. The van der Waals surface area contributed by atoms with Crippen molar-refractivity contribution in [3.63, 3.8) is 0 Å². The molecule has 1 aliphatic heterocycles. The number of nitrogens with one attached hydrogen (secondary N) is 1. The van der Waals surface area contributed by atoms with Crippen LogP contribution in [-0.2, 0) is 4.79 Å². The van der Waals surface area contributed by atoms with Gasteiger partial charge in [0.25, 0.3) is 0 Å². The number of nitriles is 1. The number of likely N-dealkylation sites (N-methyl/N-ethyl adjacent to an activating group) is 1. The van der Waals surface area contributed by atoms with Crippen molar-refractivity contribution in [2.24, 2.45) is 0 Å². The van der Waals surface area contributed by atoms with Crippen LogP contribution in [0.1, 0.15) is 38.3 Å². The highest BCUT2D eigenvalue weighted by molar-refractivity contribution is 5.79. The van der Waals surface area contributed by atoms with Crippen LogP contribution in [0.4, 0.5) is 0 Å². The highest BCUT2D eigenvalue weighted by atomic mass is 16.2. The number of likely N-dealkylation sites (tertiary alicyclic amines) is 1. The van der Waals surface area contributed by atoms with Gasteiger partial charge in [0.15, 0.2) is 0 Å². The smallest absolute Gasteiger partial charge is 0.237 e. The Morgan fingerprint density at radius 1 is 1.57 bits per heavy atom. The van der Waals surface area contributed by atoms with Gasteiger partial charge in [-0.1, -0.05) is 0 Å². The quantitative estimate of drug-likeness (QED) is 0.907. The number of carbonyl (C=O) groups excluding carboxylic acids is 1. The monoisotopic (exact) mass is 289 g/mol. The lowest BCUT2D eigenvalue weighted by atomic mass is 9.93. The maximum Gasteiger partial charge on any atom is 0.237 e. The number of nitrogens with zero attached hydrogens (tertiary/aromatic N) is 4. The van der Waals surface area contributed by atoms with E-state index >= 15 is 0 Å². The standard InChI is InChI=1S/C15H23N5O/c1-15(2,11-16)19(3)14(21)10-20-8-5-12(6-9-20)13-4-7-17-18-13/h4,7,12H,5-6,8-10H2,1-3H3,(H,17,18). The van der Waals surface area contributed by atoms with Gasteiger partial charge in [0.05, 0.1) is 12.6 Å². The topological polar surface area (TPSA) is 76.0 Å². The molecule has 0 saturated carbocycles. The number of carbonyl (C=O) groups is 1. The third-order valence-corrected chi connectivity index (χ3v) is 4.39. The maximum atomic E-state index is 12.2. The van der Waals surface area contributed by atoms with Crippen LogP contribution >= 0.6 is 0 Å². The Balaban J connectivity index is 1.84. The molecular weight excluding hydrogens is 266 g/mol. The van der Waals surface area contributed by atoms with E-state index in [1.807, 2.05) is 6.07 Å². The minimum absolute atomic E-state index is 0.00143. The van der Waals surface area contributed by atoms with E-state index < -0.39 is 5.54 Å². The maximum absolute atomic E-state index is 12.2. The second-order valence-electron chi connectivity index (χ2n) is 6.19. The van der Waals surface area contributed by atoms with Gasteiger partial charge in [0.2, 0.25) is 5.91 Å². The van der Waals surface area contributed by atoms with Gasteiger partial charge in [-0.05, 0) is 45.8 Å². The molecule has 1 aromatic rings. The summed E-state index contributed by atoms with van der Waals surface area (Å²) in [5.41, 5.74) is 0.425. The molecule has 0 bridgehead atoms. The summed E-state index contributed by atoms with van der Waals surface area (Å²) in [5, 5.41) is 16.1. The second-order valence-corrected chi connectivity index (χ2v) is 6.19. The van der Waals surface area contributed by atoms with E-state index in [1.165, 1.54) is 10.6 Å². The lowest BCUT2D eigenvalue weighted by Crippen LogP contribution is -2.49. The van der Waals surface area contributed by atoms with Crippen LogP contribution < -0.4 is 0 Å². The van der Waals surface area contributed by atoms with Gasteiger partial charge in [-0.3, -0.25) is 14.8 Å². The SMILES string of the molecule is CN(C(=O)CN1CCC(c2ccn[nH]2)CC1)C(C)(C)C#N. The summed E-state index contributed by atoms with van der Waals surface area (Å²) in [5.74, 6) is 0.508. The summed E-state index contributed by atoms with van der Waals surface area (Å²) in [7, 11) is 1.70. The molecule has 0 aliphatic carbocycles. The van der Waals surface area contributed by atoms with E-state index in [9.17, 15) is 4.79 Å². The predicted octanol–water partition coefficient (Wildman–Crippen LogP) is 1.35. The zero-order valence-corrected chi connectivity index (χ0v) is 13.0. The van der Waals surface area contributed by atoms with Crippen molar-refractivity contribution in [3.8, 4) is 6.07 Å². The average molecular weight is 289 g/mol. The lowest BCUT2D eigenvalue weighted by molar-refractivity contribution is -0.134. The normalized spacial score (nSPS) is 17.4. The molecular formula is C15H23N5O. The first-order chi connectivity index (χ1) is 9.94. The molecule has 1 amide bonds. The summed E-state index contributed by atoms with van der Waals surface area (Å²) < 4.78 is 0. The van der Waals surface area contributed by atoms with Gasteiger partial charge < -0.3 is 4.90 Å². The number of hydrogen-bond acceptors (Lipinski definition) is 4. The molecule has 1 aliphatic rings. The number of piperidine rings is 1. The summed E-state index contributed by atoms with van der Waals surface area (Å²) in [6, 6.07) is 4.18. The summed E-state index contributed by atoms with van der Waals surface area (Å²) in [6.07, 6.45) is 3.84. The number of H-pyrrole nitrogens is 1. The molecule has 0 unspecified atom stereocenters. The van der Waals surface area contributed by atoms with Crippen LogP contribution in [0.15, 0.2) is 12.3 Å². The van der Waals surface area contributed by atoms with Crippen LogP contribution in [0.3, 0.4) is 0 Å². The summed E-state index contributed by atoms with van der Waals surface area (Å²) in [4.78, 5) is 15.9. The van der Waals surface area contributed by atoms with Gasteiger partial charge in [0, 0.05) is 24.9 Å². The van der Waals surface area contributed by atoms with Crippen molar-refractivity contribution >= 4 is 5.91 Å². The molecule has 0 aromatic carbocycles. The van der Waals surface area contributed by atoms with Gasteiger partial charge in [-0.25, -0.2) is 0 Å². The molecule has 114 valence electrons. The molecule has 2 heterocycles. The van der Waals surface area contributed by atoms with E-state index in [1.54, 1.807) is 27.1 Å². The van der Waals surface area contributed by atoms with Crippen LogP contribution in [0.25, 0.3) is 0 Å². The van der Waals surface area contributed by atoms with Crippen LogP contribution in [0.2, 0.25) is 0 Å². The summed E-state index contributed by atoms with van der Waals surface area (Å²) in [6.45, 7) is 5.70. The van der Waals surface area contributed by atoms with Crippen LogP contribution in [0.5, 0.6) is 0 Å². The predicted molar refractivity (Wildman–Crippen MR) is 79.5 cm³/mol. The number of rotatable bonds is 4. The Labute approximate surface area is 125 Å². The Kier molecular flexibility index (Phi) is 4.63. The van der Waals surface area contributed by atoms with Crippen molar-refractivity contribution in [1.29, 1.82) is 5.26 Å². The zero-order valence-electron chi connectivity index (χ0n) is 13.0. The first kappa shape index (κ1) is 15.5. The van der Waals surface area contributed by atoms with Gasteiger partial charge in [-0.15, -0.1) is 0 Å². The molecule has 2 rings (SSSR count). The Morgan fingerprint density at radius 2 is 2.24 bits per heavy atom. The molecule has 0 atom stereocenters. The minimum Gasteiger partial charge on any atom is -0.326 e. The van der Waals surface area contributed by atoms with Gasteiger partial charge in [-0.2, -0.15) is 10.4 Å². The molecule has 0 spiro atoms. The number of aromatic nitrogens is 2. The largest absolute Gasteiger partial charge is 0.326 e. The van der Waals surface area contributed by atoms with Gasteiger partial charge in [0.1, 0.15) is 5.54 Å². The summed E-state index contributed by atoms with van der Waals surface area (Å²) >= 11 is 0. The molecule has 1 N–H and O–H groups in total. The van der Waals surface area contributed by atoms with Crippen molar-refractivity contribution in [2.45, 2.75) is 38.1 Å². The van der Waals surface area contributed by atoms with E-state index in [0.29, 0.717) is 12.5 Å². The first-order valence-corrected chi connectivity index (χ1v) is 7.33. The highest BCUT2D eigenvalue weighted by Gasteiger charge is 2.29. The van der Waals surface area contributed by atoms with Crippen molar-refractivity contribution < 1.29 is 4.79 Å². The molecule has 1 fully saturated rings. The minimum atomic E-state index is -0.759. The number of amides is 1. The average Bonchev–Trinajstić information content (AvgIpc) is 3.01. The fraction of sp³-hybridized carbons (Fsp3) is 0.667. The van der Waals surface area contributed by atoms with E-state index in [4.69, 9.17) is 5.26 Å².